The molecule has 0 atom stereocenters. The third kappa shape index (κ3) is 2.48. The molecule has 0 spiro atoms. The predicted molar refractivity (Wildman–Crippen MR) is 60.8 cm³/mol. The fraction of sp³-hybridized carbons (Fsp3) is 0.444. The monoisotopic (exact) mass is 285 g/mol. The third-order valence-electron chi connectivity index (χ3n) is 2.12. The second kappa shape index (κ2) is 4.75. The summed E-state index contributed by atoms with van der Waals surface area (Å²) in [5.41, 5.74) is 1.69. The minimum absolute atomic E-state index is 0.0893. The molecule has 6 nitrogen and oxygen atoms in total. The van der Waals surface area contributed by atoms with Crippen LogP contribution in [0.1, 0.15) is 11.4 Å². The standard InChI is InChI=1S/C9H12BrN5O/c1-14-5-8(10)9(12-14)6-15-4-7(2-3-16)11-13-15/h4-5,16H,2-3,6H2,1H3. The molecule has 0 saturated carbocycles. The summed E-state index contributed by atoms with van der Waals surface area (Å²) in [6.07, 6.45) is 4.24. The molecule has 0 amide bonds. The molecule has 0 aromatic carbocycles. The Kier molecular flexibility index (Phi) is 3.35. The Balaban J connectivity index is 2.11. The van der Waals surface area contributed by atoms with E-state index in [4.69, 9.17) is 5.11 Å². The summed E-state index contributed by atoms with van der Waals surface area (Å²) in [6, 6.07) is 0. The first kappa shape index (κ1) is 11.3. The lowest BCUT2D eigenvalue weighted by molar-refractivity contribution is 0.298. The highest BCUT2D eigenvalue weighted by atomic mass is 79.9. The van der Waals surface area contributed by atoms with Crippen molar-refractivity contribution >= 4 is 15.9 Å². The van der Waals surface area contributed by atoms with Crippen LogP contribution in [0.5, 0.6) is 0 Å². The number of aryl methyl sites for hydroxylation is 1. The van der Waals surface area contributed by atoms with Gasteiger partial charge < -0.3 is 5.11 Å². The van der Waals surface area contributed by atoms with Crippen molar-refractivity contribution in [2.75, 3.05) is 6.61 Å². The van der Waals surface area contributed by atoms with Crippen molar-refractivity contribution in [3.05, 3.63) is 28.3 Å². The second-order valence-corrected chi connectivity index (χ2v) is 4.33. The lowest BCUT2D eigenvalue weighted by Gasteiger charge is -1.96. The molecule has 0 saturated heterocycles. The number of nitrogens with zero attached hydrogens (tertiary/aromatic N) is 5. The van der Waals surface area contributed by atoms with Crippen molar-refractivity contribution < 1.29 is 5.11 Å². The van der Waals surface area contributed by atoms with Crippen LogP contribution in [0.3, 0.4) is 0 Å². The zero-order chi connectivity index (χ0) is 11.5. The van der Waals surface area contributed by atoms with Gasteiger partial charge in [-0.15, -0.1) is 5.10 Å². The average Bonchev–Trinajstić information content (AvgIpc) is 2.76. The molecule has 2 aromatic heterocycles. The number of aliphatic hydroxyl groups excluding tert-OH is 1. The van der Waals surface area contributed by atoms with Crippen LogP contribution in [-0.2, 0) is 20.0 Å². The Morgan fingerprint density at radius 2 is 2.25 bits per heavy atom. The summed E-state index contributed by atoms with van der Waals surface area (Å²) < 4.78 is 4.40. The molecule has 0 aliphatic carbocycles. The topological polar surface area (TPSA) is 68.8 Å². The molecule has 86 valence electrons. The van der Waals surface area contributed by atoms with E-state index in [1.807, 2.05) is 19.4 Å². The van der Waals surface area contributed by atoms with Crippen molar-refractivity contribution in [2.45, 2.75) is 13.0 Å². The van der Waals surface area contributed by atoms with E-state index >= 15 is 0 Å². The van der Waals surface area contributed by atoms with Crippen molar-refractivity contribution in [2.24, 2.45) is 7.05 Å². The molecule has 0 unspecified atom stereocenters. The van der Waals surface area contributed by atoms with Crippen LogP contribution in [0.15, 0.2) is 16.9 Å². The second-order valence-electron chi connectivity index (χ2n) is 3.48. The van der Waals surface area contributed by atoms with Gasteiger partial charge in [0, 0.05) is 32.5 Å². The van der Waals surface area contributed by atoms with Crippen LogP contribution in [0.25, 0.3) is 0 Å². The number of halogens is 1. The van der Waals surface area contributed by atoms with E-state index in [-0.39, 0.29) is 6.61 Å². The first-order chi connectivity index (χ1) is 7.69. The maximum atomic E-state index is 8.77. The van der Waals surface area contributed by atoms with Gasteiger partial charge in [0.05, 0.1) is 22.4 Å². The molecule has 2 heterocycles. The highest BCUT2D eigenvalue weighted by Gasteiger charge is 2.07. The van der Waals surface area contributed by atoms with Gasteiger partial charge in [-0.1, -0.05) is 5.21 Å². The molecule has 0 fully saturated rings. The van der Waals surface area contributed by atoms with Gasteiger partial charge in [0.1, 0.15) is 0 Å². The molecule has 2 aromatic rings. The fourth-order valence-corrected chi connectivity index (χ4v) is 1.91. The van der Waals surface area contributed by atoms with Gasteiger partial charge in [0.25, 0.3) is 0 Å². The Morgan fingerprint density at radius 1 is 1.44 bits per heavy atom. The maximum absolute atomic E-state index is 8.77. The van der Waals surface area contributed by atoms with E-state index < -0.39 is 0 Å². The van der Waals surface area contributed by atoms with Gasteiger partial charge in [-0.2, -0.15) is 5.10 Å². The van der Waals surface area contributed by atoms with E-state index in [0.717, 1.165) is 15.9 Å². The number of hydrogen-bond acceptors (Lipinski definition) is 4. The first-order valence-corrected chi connectivity index (χ1v) is 5.66. The Hall–Kier alpha value is -1.21. The van der Waals surface area contributed by atoms with Gasteiger partial charge in [-0.3, -0.25) is 4.68 Å². The Morgan fingerprint density at radius 3 is 2.88 bits per heavy atom. The summed E-state index contributed by atoms with van der Waals surface area (Å²) in [6.45, 7) is 0.659. The van der Waals surface area contributed by atoms with Gasteiger partial charge in [-0.25, -0.2) is 4.68 Å². The van der Waals surface area contributed by atoms with Crippen molar-refractivity contribution in [3.8, 4) is 0 Å². The highest BCUT2D eigenvalue weighted by molar-refractivity contribution is 9.10. The normalized spacial score (nSPS) is 10.9. The number of hydrogen-bond donors (Lipinski definition) is 1. The number of rotatable bonds is 4. The summed E-state index contributed by atoms with van der Waals surface area (Å²) in [7, 11) is 1.87. The van der Waals surface area contributed by atoms with Crippen LogP contribution < -0.4 is 0 Å². The lowest BCUT2D eigenvalue weighted by atomic mass is 10.3. The molecular weight excluding hydrogens is 274 g/mol. The number of aliphatic hydroxyl groups is 1. The SMILES string of the molecule is Cn1cc(Br)c(Cn2cc(CCO)nn2)n1. The smallest absolute Gasteiger partial charge is 0.0981 e. The largest absolute Gasteiger partial charge is 0.396 e. The fourth-order valence-electron chi connectivity index (χ4n) is 1.41. The van der Waals surface area contributed by atoms with Crippen LogP contribution in [0, 0.1) is 0 Å². The van der Waals surface area contributed by atoms with Crippen LogP contribution in [0.4, 0.5) is 0 Å². The summed E-state index contributed by atoms with van der Waals surface area (Å²) in [5, 5.41) is 21.0. The van der Waals surface area contributed by atoms with Gasteiger partial charge in [-0.05, 0) is 15.9 Å². The summed E-state index contributed by atoms with van der Waals surface area (Å²) >= 11 is 3.43. The van der Waals surface area contributed by atoms with Gasteiger partial charge >= 0.3 is 0 Å². The minimum Gasteiger partial charge on any atom is -0.396 e. The van der Waals surface area contributed by atoms with Crippen LogP contribution in [-0.4, -0.2) is 36.5 Å². The highest BCUT2D eigenvalue weighted by Crippen LogP contribution is 2.14. The van der Waals surface area contributed by atoms with E-state index in [9.17, 15) is 0 Å². The molecule has 0 aliphatic rings. The molecule has 0 radical (unpaired) electrons. The van der Waals surface area contributed by atoms with Crippen molar-refractivity contribution in [1.29, 1.82) is 0 Å². The molecule has 0 bridgehead atoms. The number of aromatic nitrogens is 5. The molecule has 1 N–H and O–H groups in total. The molecule has 0 aliphatic heterocycles. The van der Waals surface area contributed by atoms with Crippen molar-refractivity contribution in [3.63, 3.8) is 0 Å². The predicted octanol–water partition coefficient (Wildman–Crippen LogP) is 0.357. The van der Waals surface area contributed by atoms with Gasteiger partial charge in [0.2, 0.25) is 0 Å². The molecular formula is C9H12BrN5O. The summed E-state index contributed by atoms with van der Waals surface area (Å²) in [5.74, 6) is 0. The average molecular weight is 286 g/mol. The lowest BCUT2D eigenvalue weighted by Crippen LogP contribution is -2.02. The Labute approximate surface area is 101 Å². The third-order valence-corrected chi connectivity index (χ3v) is 2.78. The van der Waals surface area contributed by atoms with Gasteiger partial charge in [0.15, 0.2) is 0 Å². The molecule has 7 heteroatoms. The van der Waals surface area contributed by atoms with E-state index in [1.165, 1.54) is 0 Å². The first-order valence-electron chi connectivity index (χ1n) is 4.87. The molecule has 2 rings (SSSR count). The van der Waals surface area contributed by atoms with Crippen LogP contribution in [0.2, 0.25) is 0 Å². The maximum Gasteiger partial charge on any atom is 0.0981 e. The quantitative estimate of drug-likeness (QED) is 0.881. The van der Waals surface area contributed by atoms with Crippen molar-refractivity contribution in [1.82, 2.24) is 24.8 Å². The summed E-state index contributed by atoms with van der Waals surface area (Å²) in [4.78, 5) is 0. The minimum atomic E-state index is 0.0893. The zero-order valence-electron chi connectivity index (χ0n) is 8.84. The van der Waals surface area contributed by atoms with E-state index in [2.05, 4.69) is 31.3 Å². The van der Waals surface area contributed by atoms with Crippen LogP contribution >= 0.6 is 15.9 Å². The van der Waals surface area contributed by atoms with E-state index in [1.54, 1.807) is 9.36 Å². The van der Waals surface area contributed by atoms with E-state index in [0.29, 0.717) is 13.0 Å². The molecule has 16 heavy (non-hydrogen) atoms. The Bertz CT molecular complexity index is 478. The zero-order valence-corrected chi connectivity index (χ0v) is 10.4.